The van der Waals surface area contributed by atoms with Gasteiger partial charge in [-0.2, -0.15) is 0 Å². The van der Waals surface area contributed by atoms with Crippen LogP contribution in [0.5, 0.6) is 5.75 Å². The topological polar surface area (TPSA) is 147 Å². The van der Waals surface area contributed by atoms with Gasteiger partial charge in [-0.3, -0.25) is 9.59 Å². The molecule has 30 heavy (non-hydrogen) atoms. The Kier molecular flexibility index (Phi) is 6.20. The maximum absolute atomic E-state index is 13.1. The molecule has 2 heterocycles. The monoisotopic (exact) mass is 410 g/mol. The Morgan fingerprint density at radius 2 is 2.10 bits per heavy atom. The summed E-state index contributed by atoms with van der Waals surface area (Å²) in [6.07, 6.45) is 3.93. The molecule has 0 bridgehead atoms. The lowest BCUT2D eigenvalue weighted by Crippen LogP contribution is -2.46. The van der Waals surface area contributed by atoms with E-state index in [-0.39, 0.29) is 34.7 Å². The molecule has 6 N–H and O–H groups in total. The molecule has 0 saturated carbocycles. The Hall–Kier alpha value is -3.62. The molecule has 1 aromatic carbocycles. The number of nitrogens with zero attached hydrogens (tertiary/aromatic N) is 2. The van der Waals surface area contributed by atoms with E-state index in [2.05, 4.69) is 17.2 Å². The van der Waals surface area contributed by atoms with Gasteiger partial charge in [-0.25, -0.2) is 4.98 Å². The maximum Gasteiger partial charge on any atom is 0.314 e. The van der Waals surface area contributed by atoms with E-state index in [4.69, 9.17) is 21.6 Å². The highest BCUT2D eigenvalue weighted by Gasteiger charge is 2.34. The van der Waals surface area contributed by atoms with E-state index in [1.807, 2.05) is 24.3 Å². The summed E-state index contributed by atoms with van der Waals surface area (Å²) in [6, 6.07) is 7.30. The SMILES string of the molecule is COc1cccc([C@H]2CC[C@H](C)CN2C(=O)C(=O)Nc2cnc(N)c(C=N)c2N)c1. The number of carbonyl (C=O) groups is 2. The van der Waals surface area contributed by atoms with Crippen LogP contribution in [0.2, 0.25) is 0 Å². The van der Waals surface area contributed by atoms with Crippen LogP contribution in [0.3, 0.4) is 0 Å². The second-order valence-electron chi connectivity index (χ2n) is 7.42. The first-order valence-electron chi connectivity index (χ1n) is 9.66. The van der Waals surface area contributed by atoms with Crippen molar-refractivity contribution < 1.29 is 14.3 Å². The molecule has 158 valence electrons. The van der Waals surface area contributed by atoms with Crippen molar-refractivity contribution in [3.63, 3.8) is 0 Å². The van der Waals surface area contributed by atoms with Crippen molar-refractivity contribution in [2.75, 3.05) is 30.4 Å². The van der Waals surface area contributed by atoms with Crippen molar-refractivity contribution >= 4 is 35.2 Å². The van der Waals surface area contributed by atoms with Gasteiger partial charge in [0.25, 0.3) is 0 Å². The van der Waals surface area contributed by atoms with Crippen LogP contribution in [0, 0.1) is 11.3 Å². The highest BCUT2D eigenvalue weighted by atomic mass is 16.5. The van der Waals surface area contributed by atoms with E-state index < -0.39 is 11.8 Å². The molecular formula is C21H26N6O3. The van der Waals surface area contributed by atoms with Crippen molar-refractivity contribution in [3.05, 3.63) is 41.6 Å². The number of ether oxygens (including phenoxy) is 1. The predicted octanol–water partition coefficient (Wildman–Crippen LogP) is 2.19. The van der Waals surface area contributed by atoms with E-state index in [1.165, 1.54) is 6.20 Å². The summed E-state index contributed by atoms with van der Waals surface area (Å²) in [5, 5.41) is 9.92. The number of amides is 2. The predicted molar refractivity (Wildman–Crippen MR) is 115 cm³/mol. The fourth-order valence-electron chi connectivity index (χ4n) is 3.69. The van der Waals surface area contributed by atoms with Crippen LogP contribution in [0.4, 0.5) is 17.2 Å². The molecule has 0 spiro atoms. The zero-order valence-electron chi connectivity index (χ0n) is 17.0. The number of methoxy groups -OCH3 is 1. The number of nitrogens with one attached hydrogen (secondary N) is 2. The summed E-state index contributed by atoms with van der Waals surface area (Å²) >= 11 is 0. The van der Waals surface area contributed by atoms with Crippen LogP contribution >= 0.6 is 0 Å². The molecule has 2 aromatic rings. The van der Waals surface area contributed by atoms with E-state index in [0.717, 1.165) is 24.6 Å². The summed E-state index contributed by atoms with van der Waals surface area (Å²) < 4.78 is 5.30. The lowest BCUT2D eigenvalue weighted by atomic mass is 9.89. The minimum atomic E-state index is -0.814. The van der Waals surface area contributed by atoms with Gasteiger partial charge in [0.15, 0.2) is 0 Å². The van der Waals surface area contributed by atoms with Crippen LogP contribution < -0.4 is 21.5 Å². The molecule has 0 unspecified atom stereocenters. The summed E-state index contributed by atoms with van der Waals surface area (Å²) in [4.78, 5) is 31.3. The average molecular weight is 410 g/mol. The Morgan fingerprint density at radius 1 is 1.33 bits per heavy atom. The van der Waals surface area contributed by atoms with Gasteiger partial charge in [0.1, 0.15) is 11.6 Å². The van der Waals surface area contributed by atoms with E-state index in [0.29, 0.717) is 12.3 Å². The molecule has 0 aliphatic carbocycles. The number of benzene rings is 1. The summed E-state index contributed by atoms with van der Waals surface area (Å²) in [5.74, 6) is -0.415. The lowest BCUT2D eigenvalue weighted by molar-refractivity contribution is -0.146. The van der Waals surface area contributed by atoms with Crippen molar-refractivity contribution in [3.8, 4) is 5.75 Å². The van der Waals surface area contributed by atoms with Gasteiger partial charge in [-0.1, -0.05) is 19.1 Å². The van der Waals surface area contributed by atoms with Crippen molar-refractivity contribution in [1.82, 2.24) is 9.88 Å². The van der Waals surface area contributed by atoms with Gasteiger partial charge >= 0.3 is 11.8 Å². The third-order valence-electron chi connectivity index (χ3n) is 5.33. The quantitative estimate of drug-likeness (QED) is 0.449. The molecule has 2 amide bonds. The third-order valence-corrected chi connectivity index (χ3v) is 5.33. The highest BCUT2D eigenvalue weighted by Crippen LogP contribution is 2.35. The van der Waals surface area contributed by atoms with Crippen LogP contribution in [0.15, 0.2) is 30.5 Å². The largest absolute Gasteiger partial charge is 0.497 e. The number of anilines is 3. The normalized spacial score (nSPS) is 18.5. The number of likely N-dealkylation sites (tertiary alicyclic amines) is 1. The van der Waals surface area contributed by atoms with Crippen molar-refractivity contribution in [2.24, 2.45) is 5.92 Å². The Labute approximate surface area is 174 Å². The second kappa shape index (κ2) is 8.81. The fraction of sp³-hybridized carbons (Fsp3) is 0.333. The molecule has 9 heteroatoms. The molecule has 1 aromatic heterocycles. The number of piperidine rings is 1. The molecule has 9 nitrogen and oxygen atoms in total. The first-order valence-corrected chi connectivity index (χ1v) is 9.66. The Balaban J connectivity index is 1.85. The van der Waals surface area contributed by atoms with Gasteiger partial charge in [0, 0.05) is 12.8 Å². The van der Waals surface area contributed by atoms with Crippen molar-refractivity contribution in [2.45, 2.75) is 25.8 Å². The Morgan fingerprint density at radius 3 is 2.80 bits per heavy atom. The van der Waals surface area contributed by atoms with Gasteiger partial charge < -0.3 is 31.8 Å². The molecule has 1 saturated heterocycles. The number of nitrogens with two attached hydrogens (primary N) is 2. The van der Waals surface area contributed by atoms with Gasteiger partial charge in [-0.05, 0) is 36.5 Å². The zero-order valence-corrected chi connectivity index (χ0v) is 17.0. The molecule has 3 rings (SSSR count). The van der Waals surface area contributed by atoms with Crippen LogP contribution in [-0.2, 0) is 9.59 Å². The van der Waals surface area contributed by atoms with Crippen LogP contribution in [0.1, 0.15) is 36.9 Å². The van der Waals surface area contributed by atoms with Gasteiger partial charge in [0.05, 0.1) is 36.3 Å². The Bertz CT molecular complexity index is 977. The van der Waals surface area contributed by atoms with Crippen molar-refractivity contribution in [1.29, 1.82) is 5.41 Å². The second-order valence-corrected chi connectivity index (χ2v) is 7.42. The molecule has 2 atom stereocenters. The van der Waals surface area contributed by atoms with E-state index in [1.54, 1.807) is 12.0 Å². The van der Waals surface area contributed by atoms with Gasteiger partial charge in [-0.15, -0.1) is 0 Å². The molecule has 1 aliphatic heterocycles. The number of hydrogen-bond acceptors (Lipinski definition) is 7. The third kappa shape index (κ3) is 4.19. The molecule has 1 fully saturated rings. The number of aromatic nitrogens is 1. The molecular weight excluding hydrogens is 384 g/mol. The maximum atomic E-state index is 13.1. The highest BCUT2D eigenvalue weighted by molar-refractivity contribution is 6.40. The summed E-state index contributed by atoms with van der Waals surface area (Å²) in [6.45, 7) is 2.52. The fourth-order valence-corrected chi connectivity index (χ4v) is 3.69. The standard InChI is InChI=1S/C21H26N6O3/c1-12-6-7-17(13-4-3-5-14(8-13)30-2)27(11-12)21(29)20(28)26-16-10-25-19(24)15(9-22)18(16)23/h3-5,8-10,12,17,22H,6-7,11H2,1-2H3,(H,26,28)(H4,23,24,25)/t12-,17+/m0/s1. The van der Waals surface area contributed by atoms with Crippen LogP contribution in [-0.4, -0.2) is 41.6 Å². The van der Waals surface area contributed by atoms with E-state index in [9.17, 15) is 9.59 Å². The summed E-state index contributed by atoms with van der Waals surface area (Å²) in [7, 11) is 1.59. The first-order chi connectivity index (χ1) is 14.3. The van der Waals surface area contributed by atoms with E-state index >= 15 is 0 Å². The summed E-state index contributed by atoms with van der Waals surface area (Å²) in [5.41, 5.74) is 13.0. The van der Waals surface area contributed by atoms with Crippen LogP contribution in [0.25, 0.3) is 0 Å². The minimum Gasteiger partial charge on any atom is -0.497 e. The number of rotatable bonds is 4. The zero-order chi connectivity index (χ0) is 21.8. The number of hydrogen-bond donors (Lipinski definition) is 4. The lowest BCUT2D eigenvalue weighted by Gasteiger charge is -2.38. The number of pyridine rings is 1. The number of carbonyl (C=O) groups excluding carboxylic acids is 2. The molecule has 1 aliphatic rings. The van der Waals surface area contributed by atoms with Gasteiger partial charge in [0.2, 0.25) is 0 Å². The number of nitrogen functional groups attached to an aromatic ring is 2. The smallest absolute Gasteiger partial charge is 0.314 e. The minimum absolute atomic E-state index is 0.0785. The first kappa shape index (κ1) is 21.1. The average Bonchev–Trinajstić information content (AvgIpc) is 2.75. The molecule has 0 radical (unpaired) electrons.